The third-order valence-electron chi connectivity index (χ3n) is 6.08. The fourth-order valence-electron chi connectivity index (χ4n) is 4.12. The summed E-state index contributed by atoms with van der Waals surface area (Å²) in [7, 11) is 0. The van der Waals surface area contributed by atoms with E-state index in [1.807, 2.05) is 0 Å². The molecule has 0 unspecified atom stereocenters. The van der Waals surface area contributed by atoms with Crippen molar-refractivity contribution < 1.29 is 18.8 Å². The van der Waals surface area contributed by atoms with E-state index in [1.54, 1.807) is 49.1 Å². The lowest BCUT2D eigenvalue weighted by atomic mass is 9.97. The van der Waals surface area contributed by atoms with E-state index in [0.717, 1.165) is 9.25 Å². The Balaban J connectivity index is 1.45. The van der Waals surface area contributed by atoms with E-state index in [-0.39, 0.29) is 54.6 Å². The molecule has 12 nitrogen and oxygen atoms in total. The first-order valence-corrected chi connectivity index (χ1v) is 12.0. The van der Waals surface area contributed by atoms with Gasteiger partial charge in [0.1, 0.15) is 0 Å². The highest BCUT2D eigenvalue weighted by molar-refractivity contribution is 5.77. The summed E-state index contributed by atoms with van der Waals surface area (Å²) in [5, 5.41) is 8.08. The van der Waals surface area contributed by atoms with Crippen molar-refractivity contribution in [3.63, 3.8) is 0 Å². The molecule has 2 aromatic heterocycles. The molecule has 0 atom stereocenters. The van der Waals surface area contributed by atoms with Crippen LogP contribution in [0.4, 0.5) is 0 Å². The van der Waals surface area contributed by atoms with Crippen LogP contribution in [-0.4, -0.2) is 61.0 Å². The maximum absolute atomic E-state index is 12.9. The number of ether oxygens (including phenoxy) is 1. The quantitative estimate of drug-likeness (QED) is 0.420. The normalized spacial score (nSPS) is 14.1. The summed E-state index contributed by atoms with van der Waals surface area (Å²) >= 11 is 0. The van der Waals surface area contributed by atoms with E-state index in [4.69, 9.17) is 9.26 Å². The fourth-order valence-corrected chi connectivity index (χ4v) is 4.12. The Hall–Kier alpha value is -4.09. The van der Waals surface area contributed by atoms with Gasteiger partial charge in [-0.3, -0.25) is 19.0 Å². The zero-order valence-corrected chi connectivity index (χ0v) is 20.3. The van der Waals surface area contributed by atoms with Crippen molar-refractivity contribution in [2.24, 2.45) is 5.92 Å². The predicted octanol–water partition coefficient (Wildman–Crippen LogP) is 1.20. The van der Waals surface area contributed by atoms with Crippen LogP contribution in [0.5, 0.6) is 0 Å². The number of benzene rings is 1. The summed E-state index contributed by atoms with van der Waals surface area (Å²) in [4.78, 5) is 56.1. The van der Waals surface area contributed by atoms with Gasteiger partial charge in [0.2, 0.25) is 17.6 Å². The molecular formula is C24H28N6O6. The SMILES string of the molecule is CCOC(=O)C1CCN(C(=O)CCc2nc(-c3nn(-c4ccccc4)c(=O)n(CC)c3=O)no2)CC1. The number of aromatic nitrogens is 5. The van der Waals surface area contributed by atoms with Crippen molar-refractivity contribution in [1.82, 2.24) is 29.4 Å². The van der Waals surface area contributed by atoms with Crippen LogP contribution in [0.25, 0.3) is 17.2 Å². The smallest absolute Gasteiger partial charge is 0.352 e. The van der Waals surface area contributed by atoms with Gasteiger partial charge in [-0.2, -0.15) is 14.8 Å². The molecule has 0 radical (unpaired) electrons. The highest BCUT2D eigenvalue weighted by Gasteiger charge is 2.28. The molecule has 1 aromatic carbocycles. The molecule has 190 valence electrons. The van der Waals surface area contributed by atoms with Gasteiger partial charge >= 0.3 is 11.7 Å². The van der Waals surface area contributed by atoms with Crippen molar-refractivity contribution in [3.8, 4) is 17.2 Å². The number of amides is 1. The van der Waals surface area contributed by atoms with Gasteiger partial charge in [-0.05, 0) is 38.8 Å². The molecular weight excluding hydrogens is 468 g/mol. The van der Waals surface area contributed by atoms with Crippen molar-refractivity contribution in [2.75, 3.05) is 19.7 Å². The van der Waals surface area contributed by atoms with Crippen molar-refractivity contribution >= 4 is 11.9 Å². The third-order valence-corrected chi connectivity index (χ3v) is 6.08. The molecule has 3 heterocycles. The second kappa shape index (κ2) is 11.1. The van der Waals surface area contributed by atoms with E-state index in [0.29, 0.717) is 38.2 Å². The molecule has 0 N–H and O–H groups in total. The predicted molar refractivity (Wildman–Crippen MR) is 127 cm³/mol. The monoisotopic (exact) mass is 496 g/mol. The van der Waals surface area contributed by atoms with Gasteiger partial charge in [0, 0.05) is 32.5 Å². The first-order valence-electron chi connectivity index (χ1n) is 12.0. The van der Waals surface area contributed by atoms with Crippen molar-refractivity contribution in [3.05, 3.63) is 57.1 Å². The molecule has 0 bridgehead atoms. The average molecular weight is 497 g/mol. The van der Waals surface area contributed by atoms with Crippen molar-refractivity contribution in [2.45, 2.75) is 46.1 Å². The minimum atomic E-state index is -0.623. The summed E-state index contributed by atoms with van der Waals surface area (Å²) in [5.74, 6) is -0.337. The largest absolute Gasteiger partial charge is 0.466 e. The molecule has 0 spiro atoms. The molecule has 36 heavy (non-hydrogen) atoms. The number of rotatable bonds is 8. The average Bonchev–Trinajstić information content (AvgIpc) is 3.37. The number of piperidine rings is 1. The minimum Gasteiger partial charge on any atom is -0.466 e. The molecule has 1 aliphatic rings. The van der Waals surface area contributed by atoms with Crippen LogP contribution in [0.3, 0.4) is 0 Å². The number of hydrogen-bond acceptors (Lipinski definition) is 9. The second-order valence-corrected chi connectivity index (χ2v) is 8.35. The van der Waals surface area contributed by atoms with E-state index in [9.17, 15) is 19.2 Å². The summed E-state index contributed by atoms with van der Waals surface area (Å²) in [6.45, 7) is 4.92. The lowest BCUT2D eigenvalue weighted by molar-refractivity contribution is -0.151. The zero-order chi connectivity index (χ0) is 25.7. The Labute approximate surface area is 206 Å². The molecule has 1 fully saturated rings. The standard InChI is InChI=1S/C24H28N6O6/c1-3-29-22(32)20(26-30(24(29)34)17-8-6-5-7-9-17)21-25-18(36-27-21)10-11-19(31)28-14-12-16(13-15-28)23(33)35-4-2/h5-9,16H,3-4,10-15H2,1-2H3. The van der Waals surface area contributed by atoms with E-state index in [1.165, 1.54) is 0 Å². The maximum atomic E-state index is 12.9. The van der Waals surface area contributed by atoms with Crippen LogP contribution in [0.2, 0.25) is 0 Å². The molecule has 1 aliphatic heterocycles. The number of nitrogens with zero attached hydrogens (tertiary/aromatic N) is 6. The van der Waals surface area contributed by atoms with Gasteiger partial charge in [0.15, 0.2) is 5.69 Å². The molecule has 1 amide bonds. The van der Waals surface area contributed by atoms with Gasteiger partial charge < -0.3 is 14.2 Å². The number of carbonyl (C=O) groups is 2. The number of esters is 1. The van der Waals surface area contributed by atoms with Gasteiger partial charge in [0.05, 0.1) is 18.2 Å². The van der Waals surface area contributed by atoms with Crippen molar-refractivity contribution in [1.29, 1.82) is 0 Å². The van der Waals surface area contributed by atoms with Crippen LogP contribution in [-0.2, 0) is 27.3 Å². The van der Waals surface area contributed by atoms with E-state index < -0.39 is 11.2 Å². The third kappa shape index (κ3) is 5.26. The molecule has 1 saturated heterocycles. The van der Waals surface area contributed by atoms with E-state index in [2.05, 4.69) is 15.2 Å². The van der Waals surface area contributed by atoms with Gasteiger partial charge in [-0.25, -0.2) is 4.79 Å². The number of carbonyl (C=O) groups excluding carboxylic acids is 2. The first-order chi connectivity index (χ1) is 17.4. The van der Waals surface area contributed by atoms with Gasteiger partial charge in [0.25, 0.3) is 5.56 Å². The minimum absolute atomic E-state index is 0.0513. The Morgan fingerprint density at radius 1 is 1.11 bits per heavy atom. The highest BCUT2D eigenvalue weighted by atomic mass is 16.5. The van der Waals surface area contributed by atoms with Crippen LogP contribution in [0.1, 0.15) is 39.0 Å². The summed E-state index contributed by atoms with van der Waals surface area (Å²) < 4.78 is 12.5. The maximum Gasteiger partial charge on any atom is 0.352 e. The zero-order valence-electron chi connectivity index (χ0n) is 20.3. The number of likely N-dealkylation sites (tertiary alicyclic amines) is 1. The number of para-hydroxylation sites is 1. The first kappa shape index (κ1) is 25.0. The lowest BCUT2D eigenvalue weighted by Gasteiger charge is -2.30. The Kier molecular flexibility index (Phi) is 7.71. The summed E-state index contributed by atoms with van der Waals surface area (Å²) in [5.41, 5.74) is -0.823. The summed E-state index contributed by atoms with van der Waals surface area (Å²) in [6.07, 6.45) is 1.47. The lowest BCUT2D eigenvalue weighted by Crippen LogP contribution is -2.41. The molecule has 12 heteroatoms. The van der Waals surface area contributed by atoms with Crippen LogP contribution < -0.4 is 11.2 Å². The summed E-state index contributed by atoms with van der Waals surface area (Å²) in [6, 6.07) is 8.72. The van der Waals surface area contributed by atoms with Gasteiger partial charge in [-0.15, -0.1) is 0 Å². The Morgan fingerprint density at radius 3 is 2.50 bits per heavy atom. The Bertz CT molecular complexity index is 1340. The second-order valence-electron chi connectivity index (χ2n) is 8.35. The molecule has 3 aromatic rings. The van der Waals surface area contributed by atoms with Crippen LogP contribution in [0, 0.1) is 5.92 Å². The molecule has 4 rings (SSSR count). The fraction of sp³-hybridized carbons (Fsp3) is 0.458. The number of hydrogen-bond donors (Lipinski definition) is 0. The highest BCUT2D eigenvalue weighted by Crippen LogP contribution is 2.20. The Morgan fingerprint density at radius 2 is 1.83 bits per heavy atom. The topological polar surface area (TPSA) is 142 Å². The molecule has 0 aliphatic carbocycles. The van der Waals surface area contributed by atoms with E-state index >= 15 is 0 Å². The molecule has 0 saturated carbocycles. The van der Waals surface area contributed by atoms with Crippen LogP contribution in [0.15, 0.2) is 44.4 Å². The van der Waals surface area contributed by atoms with Crippen LogP contribution >= 0.6 is 0 Å². The van der Waals surface area contributed by atoms with Gasteiger partial charge in [-0.1, -0.05) is 23.4 Å². The number of aryl methyl sites for hydroxylation is 1.